The first-order valence-electron chi connectivity index (χ1n) is 4.90. The summed E-state index contributed by atoms with van der Waals surface area (Å²) in [5, 5.41) is 9.22. The normalized spacial score (nSPS) is 12.2. The SMILES string of the molecule is CC(O)CN(C)c1ccc(C(N)=S)c(F)c1. The highest BCUT2D eigenvalue weighted by molar-refractivity contribution is 7.80. The maximum absolute atomic E-state index is 13.5. The molecule has 1 aromatic rings. The quantitative estimate of drug-likeness (QED) is 0.781. The Balaban J connectivity index is 2.92. The lowest BCUT2D eigenvalue weighted by atomic mass is 10.2. The third-order valence-corrected chi connectivity index (χ3v) is 2.42. The Kier molecular flexibility index (Phi) is 4.20. The summed E-state index contributed by atoms with van der Waals surface area (Å²) in [5.74, 6) is -0.442. The number of rotatable bonds is 4. The lowest BCUT2D eigenvalue weighted by Gasteiger charge is -2.21. The minimum Gasteiger partial charge on any atom is -0.392 e. The van der Waals surface area contributed by atoms with Gasteiger partial charge >= 0.3 is 0 Å². The van der Waals surface area contributed by atoms with Gasteiger partial charge in [0.25, 0.3) is 0 Å². The second-order valence-corrected chi connectivity index (χ2v) is 4.20. The van der Waals surface area contributed by atoms with Gasteiger partial charge in [0.2, 0.25) is 0 Å². The van der Waals surface area contributed by atoms with Crippen molar-refractivity contribution in [2.75, 3.05) is 18.5 Å². The molecule has 0 fully saturated rings. The fraction of sp³-hybridized carbons (Fsp3) is 0.364. The molecule has 1 atom stereocenters. The molecule has 0 aliphatic carbocycles. The average molecular weight is 242 g/mol. The van der Waals surface area contributed by atoms with Gasteiger partial charge < -0.3 is 15.7 Å². The van der Waals surface area contributed by atoms with Crippen LogP contribution in [0.25, 0.3) is 0 Å². The van der Waals surface area contributed by atoms with Gasteiger partial charge in [-0.3, -0.25) is 0 Å². The standard InChI is InChI=1S/C11H15FN2OS/c1-7(15)6-14(2)8-3-4-9(11(13)16)10(12)5-8/h3-5,7,15H,6H2,1-2H3,(H2,13,16). The van der Waals surface area contributed by atoms with E-state index in [1.165, 1.54) is 6.07 Å². The van der Waals surface area contributed by atoms with Crippen LogP contribution >= 0.6 is 12.2 Å². The van der Waals surface area contributed by atoms with E-state index in [4.69, 9.17) is 18.0 Å². The van der Waals surface area contributed by atoms with Gasteiger partial charge in [-0.15, -0.1) is 0 Å². The highest BCUT2D eigenvalue weighted by Gasteiger charge is 2.09. The summed E-state index contributed by atoms with van der Waals surface area (Å²) in [4.78, 5) is 1.80. The number of benzene rings is 1. The molecular weight excluding hydrogens is 227 g/mol. The Hall–Kier alpha value is -1.20. The van der Waals surface area contributed by atoms with Crippen LogP contribution in [-0.2, 0) is 0 Å². The number of aliphatic hydroxyl groups excluding tert-OH is 1. The molecule has 3 nitrogen and oxygen atoms in total. The lowest BCUT2D eigenvalue weighted by Crippen LogP contribution is -2.27. The first-order valence-corrected chi connectivity index (χ1v) is 5.31. The molecule has 0 bridgehead atoms. The molecule has 88 valence electrons. The van der Waals surface area contributed by atoms with Gasteiger partial charge in [-0.1, -0.05) is 12.2 Å². The van der Waals surface area contributed by atoms with Crippen molar-refractivity contribution in [3.8, 4) is 0 Å². The molecule has 3 N–H and O–H groups in total. The first-order chi connectivity index (χ1) is 7.41. The maximum atomic E-state index is 13.5. The van der Waals surface area contributed by atoms with Gasteiger partial charge in [0.05, 0.1) is 6.10 Å². The second kappa shape index (κ2) is 5.23. The van der Waals surface area contributed by atoms with Crippen LogP contribution in [0, 0.1) is 5.82 Å². The van der Waals surface area contributed by atoms with Gasteiger partial charge in [-0.2, -0.15) is 0 Å². The van der Waals surface area contributed by atoms with E-state index >= 15 is 0 Å². The van der Waals surface area contributed by atoms with Crippen LogP contribution in [-0.4, -0.2) is 29.8 Å². The van der Waals surface area contributed by atoms with Crippen LogP contribution in [0.15, 0.2) is 18.2 Å². The van der Waals surface area contributed by atoms with Crippen LogP contribution < -0.4 is 10.6 Å². The van der Waals surface area contributed by atoms with E-state index in [2.05, 4.69) is 0 Å². The Morgan fingerprint density at radius 1 is 1.62 bits per heavy atom. The summed E-state index contributed by atoms with van der Waals surface area (Å²) in [6.07, 6.45) is -0.469. The van der Waals surface area contributed by atoms with E-state index in [0.29, 0.717) is 12.2 Å². The van der Waals surface area contributed by atoms with E-state index in [0.717, 1.165) is 0 Å². The number of halogens is 1. The number of thiocarbonyl (C=S) groups is 1. The van der Waals surface area contributed by atoms with E-state index in [1.54, 1.807) is 31.0 Å². The Labute approximate surface area is 99.7 Å². The number of nitrogens with two attached hydrogens (primary N) is 1. The summed E-state index contributed by atoms with van der Waals surface area (Å²) in [5.41, 5.74) is 6.28. The number of aliphatic hydroxyl groups is 1. The largest absolute Gasteiger partial charge is 0.392 e. The molecule has 0 radical (unpaired) electrons. The Morgan fingerprint density at radius 3 is 2.69 bits per heavy atom. The number of likely N-dealkylation sites (N-methyl/N-ethyl adjacent to an activating group) is 1. The molecule has 0 amide bonds. The first kappa shape index (κ1) is 12.9. The molecule has 0 aliphatic heterocycles. The zero-order valence-corrected chi connectivity index (χ0v) is 10.1. The van der Waals surface area contributed by atoms with Gasteiger partial charge in [0, 0.05) is 24.8 Å². The fourth-order valence-electron chi connectivity index (χ4n) is 1.44. The highest BCUT2D eigenvalue weighted by atomic mass is 32.1. The van der Waals surface area contributed by atoms with Crippen LogP contribution in [0.2, 0.25) is 0 Å². The molecule has 0 aliphatic rings. The summed E-state index contributed by atoms with van der Waals surface area (Å²) >= 11 is 4.71. The van der Waals surface area contributed by atoms with Crippen molar-refractivity contribution >= 4 is 22.9 Å². The van der Waals surface area contributed by atoms with Crippen molar-refractivity contribution in [1.82, 2.24) is 0 Å². The fourth-order valence-corrected chi connectivity index (χ4v) is 1.61. The lowest BCUT2D eigenvalue weighted by molar-refractivity contribution is 0.201. The smallest absolute Gasteiger partial charge is 0.135 e. The molecule has 5 heteroatoms. The van der Waals surface area contributed by atoms with Gasteiger partial charge in [-0.25, -0.2) is 4.39 Å². The molecule has 16 heavy (non-hydrogen) atoms. The summed E-state index contributed by atoms with van der Waals surface area (Å²) in [6, 6.07) is 4.63. The predicted octanol–water partition coefficient (Wildman–Crippen LogP) is 1.28. The topological polar surface area (TPSA) is 49.5 Å². The van der Waals surface area contributed by atoms with E-state index in [1.807, 2.05) is 0 Å². The van der Waals surface area contributed by atoms with Crippen molar-refractivity contribution in [1.29, 1.82) is 0 Å². The number of anilines is 1. The zero-order valence-electron chi connectivity index (χ0n) is 9.27. The highest BCUT2D eigenvalue weighted by Crippen LogP contribution is 2.17. The number of hydrogen-bond acceptors (Lipinski definition) is 3. The Morgan fingerprint density at radius 2 is 2.25 bits per heavy atom. The van der Waals surface area contributed by atoms with Crippen LogP contribution in [0.4, 0.5) is 10.1 Å². The molecule has 1 aromatic carbocycles. The van der Waals surface area contributed by atoms with Crippen LogP contribution in [0.5, 0.6) is 0 Å². The molecule has 1 unspecified atom stereocenters. The molecule has 1 rings (SSSR count). The summed E-state index contributed by atoms with van der Waals surface area (Å²) in [6.45, 7) is 2.11. The van der Waals surface area contributed by atoms with Crippen molar-refractivity contribution in [3.05, 3.63) is 29.6 Å². The Bertz CT molecular complexity index is 396. The maximum Gasteiger partial charge on any atom is 0.135 e. The van der Waals surface area contributed by atoms with Crippen molar-refractivity contribution in [2.24, 2.45) is 5.73 Å². The molecule has 0 saturated heterocycles. The molecule has 0 saturated carbocycles. The van der Waals surface area contributed by atoms with Gasteiger partial charge in [-0.05, 0) is 25.1 Å². The molecule has 0 aromatic heterocycles. The molecule has 0 heterocycles. The third kappa shape index (κ3) is 3.15. The van der Waals surface area contributed by atoms with Crippen LogP contribution in [0.3, 0.4) is 0 Å². The van der Waals surface area contributed by atoms with E-state index in [-0.39, 0.29) is 10.6 Å². The van der Waals surface area contributed by atoms with Crippen molar-refractivity contribution in [2.45, 2.75) is 13.0 Å². The zero-order chi connectivity index (χ0) is 12.3. The second-order valence-electron chi connectivity index (χ2n) is 3.76. The number of nitrogens with zero attached hydrogens (tertiary/aromatic N) is 1. The molecular formula is C11H15FN2OS. The van der Waals surface area contributed by atoms with Crippen LogP contribution in [0.1, 0.15) is 12.5 Å². The summed E-state index contributed by atoms with van der Waals surface area (Å²) in [7, 11) is 1.78. The van der Waals surface area contributed by atoms with Gasteiger partial charge in [0.15, 0.2) is 0 Å². The summed E-state index contributed by atoms with van der Waals surface area (Å²) < 4.78 is 13.5. The minimum absolute atomic E-state index is 0.0437. The molecule has 0 spiro atoms. The number of hydrogen-bond donors (Lipinski definition) is 2. The minimum atomic E-state index is -0.469. The van der Waals surface area contributed by atoms with E-state index in [9.17, 15) is 9.50 Å². The third-order valence-electron chi connectivity index (χ3n) is 2.20. The monoisotopic (exact) mass is 242 g/mol. The van der Waals surface area contributed by atoms with Gasteiger partial charge in [0.1, 0.15) is 10.8 Å². The van der Waals surface area contributed by atoms with Crippen molar-refractivity contribution in [3.63, 3.8) is 0 Å². The average Bonchev–Trinajstić information content (AvgIpc) is 2.15. The predicted molar refractivity (Wildman–Crippen MR) is 67.2 cm³/mol. The van der Waals surface area contributed by atoms with E-state index < -0.39 is 11.9 Å². The van der Waals surface area contributed by atoms with Crippen molar-refractivity contribution < 1.29 is 9.50 Å².